The molecule has 1 heteroatoms. The summed E-state index contributed by atoms with van der Waals surface area (Å²) in [4.78, 5) is 0. The molecule has 1 aliphatic rings. The maximum atomic E-state index is 3.49. The minimum atomic E-state index is 0.952. The summed E-state index contributed by atoms with van der Waals surface area (Å²) in [6.07, 6.45) is 6.23. The highest BCUT2D eigenvalue weighted by atomic mass is 79.9. The number of alkyl halides is 1. The van der Waals surface area contributed by atoms with Crippen molar-refractivity contribution in [3.05, 3.63) is 41.0 Å². The molecule has 0 fully saturated rings. The Morgan fingerprint density at radius 1 is 1.36 bits per heavy atom. The Hall–Kier alpha value is -0.560. The Kier molecular flexibility index (Phi) is 3.07. The van der Waals surface area contributed by atoms with Gasteiger partial charge in [-0.25, -0.2) is 0 Å². The van der Waals surface area contributed by atoms with Gasteiger partial charge < -0.3 is 0 Å². The van der Waals surface area contributed by atoms with E-state index in [-0.39, 0.29) is 0 Å². The van der Waals surface area contributed by atoms with Gasteiger partial charge in [-0.3, -0.25) is 0 Å². The molecule has 0 saturated carbocycles. The predicted octanol–water partition coefficient (Wildman–Crippen LogP) is 4.46. The zero-order valence-electron chi connectivity index (χ0n) is 8.52. The Morgan fingerprint density at radius 2 is 2.21 bits per heavy atom. The minimum Gasteiger partial charge on any atom is -0.0876 e. The van der Waals surface area contributed by atoms with Gasteiger partial charge in [0, 0.05) is 5.33 Å². The van der Waals surface area contributed by atoms with Gasteiger partial charge in [0.2, 0.25) is 0 Å². The molecule has 0 unspecified atom stereocenters. The highest BCUT2D eigenvalue weighted by Gasteiger charge is 2.09. The number of halogens is 1. The van der Waals surface area contributed by atoms with Gasteiger partial charge in [-0.2, -0.15) is 0 Å². The van der Waals surface area contributed by atoms with Gasteiger partial charge >= 0.3 is 0 Å². The topological polar surface area (TPSA) is 0 Å². The lowest BCUT2D eigenvalue weighted by Crippen LogP contribution is -1.88. The van der Waals surface area contributed by atoms with Crippen molar-refractivity contribution in [2.75, 3.05) is 0 Å². The zero-order valence-corrected chi connectivity index (χ0v) is 10.1. The van der Waals surface area contributed by atoms with Crippen LogP contribution in [0.25, 0.3) is 5.57 Å². The average Bonchev–Trinajstić information content (AvgIpc) is 2.70. The smallest absolute Gasteiger partial charge is 0.0283 e. The number of hydrogen-bond acceptors (Lipinski definition) is 0. The van der Waals surface area contributed by atoms with E-state index in [1.807, 2.05) is 0 Å². The summed E-state index contributed by atoms with van der Waals surface area (Å²) in [5.74, 6) is 0. The van der Waals surface area contributed by atoms with Crippen molar-refractivity contribution >= 4 is 21.5 Å². The van der Waals surface area contributed by atoms with Crippen molar-refractivity contribution in [2.45, 2.75) is 31.5 Å². The van der Waals surface area contributed by atoms with E-state index in [0.717, 1.165) is 5.33 Å². The van der Waals surface area contributed by atoms with Crippen molar-refractivity contribution in [1.29, 1.82) is 0 Å². The molecule has 0 spiro atoms. The van der Waals surface area contributed by atoms with Crippen LogP contribution >= 0.6 is 15.9 Å². The number of rotatable bonds is 2. The second-order valence-electron chi connectivity index (χ2n) is 3.90. The average molecular weight is 251 g/mol. The molecule has 1 aromatic rings. The molecule has 0 aromatic heterocycles. The van der Waals surface area contributed by atoms with E-state index < -0.39 is 0 Å². The van der Waals surface area contributed by atoms with Crippen LogP contribution in [0, 0.1) is 6.92 Å². The van der Waals surface area contributed by atoms with Crippen molar-refractivity contribution in [2.24, 2.45) is 0 Å². The summed E-state index contributed by atoms with van der Waals surface area (Å²) in [7, 11) is 0. The van der Waals surface area contributed by atoms with Gasteiger partial charge in [-0.05, 0) is 48.4 Å². The second kappa shape index (κ2) is 4.31. The van der Waals surface area contributed by atoms with E-state index in [1.165, 1.54) is 36.0 Å². The van der Waals surface area contributed by atoms with Crippen LogP contribution in [0.3, 0.4) is 0 Å². The van der Waals surface area contributed by atoms with Gasteiger partial charge in [0.15, 0.2) is 0 Å². The largest absolute Gasteiger partial charge is 0.0876 e. The number of allylic oxidation sites excluding steroid dienone is 2. The maximum absolute atomic E-state index is 3.49. The first kappa shape index (κ1) is 9.97. The van der Waals surface area contributed by atoms with E-state index in [9.17, 15) is 0 Å². The van der Waals surface area contributed by atoms with Gasteiger partial charge in [0.05, 0.1) is 0 Å². The summed E-state index contributed by atoms with van der Waals surface area (Å²) in [6, 6.07) is 6.77. The van der Waals surface area contributed by atoms with E-state index in [2.05, 4.69) is 47.1 Å². The summed E-state index contributed by atoms with van der Waals surface area (Å²) in [6.45, 7) is 2.21. The van der Waals surface area contributed by atoms with E-state index in [4.69, 9.17) is 0 Å². The Bertz CT molecular complexity index is 363. The molecule has 0 amide bonds. The number of benzene rings is 1. The molecule has 1 aliphatic carbocycles. The van der Waals surface area contributed by atoms with Crippen LogP contribution in [0.1, 0.15) is 36.0 Å². The number of aryl methyl sites for hydroxylation is 1. The molecule has 74 valence electrons. The first-order valence-electron chi connectivity index (χ1n) is 5.16. The van der Waals surface area contributed by atoms with Crippen LogP contribution in [-0.2, 0) is 5.33 Å². The van der Waals surface area contributed by atoms with E-state index >= 15 is 0 Å². The minimum absolute atomic E-state index is 0.952. The summed E-state index contributed by atoms with van der Waals surface area (Å²) in [5.41, 5.74) is 5.77. The van der Waals surface area contributed by atoms with Crippen molar-refractivity contribution < 1.29 is 0 Å². The standard InChI is InChI=1S/C13H15Br/c1-10-8-11(9-14)6-7-13(10)12-4-2-3-5-12/h4,6-8H,2-3,5,9H2,1H3. The third-order valence-corrected chi connectivity index (χ3v) is 3.48. The maximum Gasteiger partial charge on any atom is 0.0283 e. The van der Waals surface area contributed by atoms with Crippen LogP contribution in [0.5, 0.6) is 0 Å². The van der Waals surface area contributed by atoms with E-state index in [1.54, 1.807) is 5.57 Å². The van der Waals surface area contributed by atoms with Crippen molar-refractivity contribution in [3.8, 4) is 0 Å². The SMILES string of the molecule is Cc1cc(CBr)ccc1C1=CCCC1. The highest BCUT2D eigenvalue weighted by molar-refractivity contribution is 9.08. The van der Waals surface area contributed by atoms with Gasteiger partial charge in [0.25, 0.3) is 0 Å². The molecule has 0 N–H and O–H groups in total. The molecule has 14 heavy (non-hydrogen) atoms. The third-order valence-electron chi connectivity index (χ3n) is 2.83. The fourth-order valence-electron chi connectivity index (χ4n) is 2.08. The lowest BCUT2D eigenvalue weighted by atomic mass is 9.98. The predicted molar refractivity (Wildman–Crippen MR) is 65.6 cm³/mol. The lowest BCUT2D eigenvalue weighted by molar-refractivity contribution is 0.935. The number of hydrogen-bond donors (Lipinski definition) is 0. The van der Waals surface area contributed by atoms with Crippen molar-refractivity contribution in [3.63, 3.8) is 0 Å². The molecular weight excluding hydrogens is 236 g/mol. The lowest BCUT2D eigenvalue weighted by Gasteiger charge is -2.08. The fourth-order valence-corrected chi connectivity index (χ4v) is 2.43. The van der Waals surface area contributed by atoms with Crippen LogP contribution in [0.4, 0.5) is 0 Å². The highest BCUT2D eigenvalue weighted by Crippen LogP contribution is 2.30. The Balaban J connectivity index is 2.34. The van der Waals surface area contributed by atoms with Crippen molar-refractivity contribution in [1.82, 2.24) is 0 Å². The molecule has 0 saturated heterocycles. The van der Waals surface area contributed by atoms with Crippen LogP contribution < -0.4 is 0 Å². The molecule has 0 atom stereocenters. The molecule has 0 bridgehead atoms. The molecule has 0 radical (unpaired) electrons. The Morgan fingerprint density at radius 3 is 2.79 bits per heavy atom. The van der Waals surface area contributed by atoms with Crippen LogP contribution in [0.2, 0.25) is 0 Å². The van der Waals surface area contributed by atoms with Gasteiger partial charge in [-0.15, -0.1) is 0 Å². The first-order chi connectivity index (χ1) is 6.81. The molecule has 1 aromatic carbocycles. The summed E-state index contributed by atoms with van der Waals surface area (Å²) < 4.78 is 0. The molecule has 0 aliphatic heterocycles. The third kappa shape index (κ3) is 1.93. The fraction of sp³-hybridized carbons (Fsp3) is 0.385. The summed E-state index contributed by atoms with van der Waals surface area (Å²) >= 11 is 3.49. The quantitative estimate of drug-likeness (QED) is 0.681. The molecular formula is C13H15Br. The molecule has 0 nitrogen and oxygen atoms in total. The monoisotopic (exact) mass is 250 g/mol. The summed E-state index contributed by atoms with van der Waals surface area (Å²) in [5, 5.41) is 0.952. The Labute approximate surface area is 94.2 Å². The first-order valence-corrected chi connectivity index (χ1v) is 6.28. The van der Waals surface area contributed by atoms with Gasteiger partial charge in [0.1, 0.15) is 0 Å². The normalized spacial score (nSPS) is 15.7. The molecule has 2 rings (SSSR count). The molecule has 0 heterocycles. The zero-order chi connectivity index (χ0) is 9.97. The van der Waals surface area contributed by atoms with E-state index in [0.29, 0.717) is 0 Å². The van der Waals surface area contributed by atoms with Crippen LogP contribution in [-0.4, -0.2) is 0 Å². The second-order valence-corrected chi connectivity index (χ2v) is 4.47. The van der Waals surface area contributed by atoms with Crippen LogP contribution in [0.15, 0.2) is 24.3 Å². The van der Waals surface area contributed by atoms with Gasteiger partial charge in [-0.1, -0.05) is 40.2 Å².